The Kier molecular flexibility index (Phi) is 10.5. The van der Waals surface area contributed by atoms with Crippen molar-refractivity contribution in [3.8, 4) is 51.3 Å². The average Bonchev–Trinajstić information content (AvgIpc) is 4.00. The van der Waals surface area contributed by atoms with Gasteiger partial charge in [-0.15, -0.1) is 0 Å². The Bertz CT molecular complexity index is 3530. The van der Waals surface area contributed by atoms with Crippen molar-refractivity contribution in [3.05, 3.63) is 112 Å². The lowest BCUT2D eigenvalue weighted by atomic mass is 10.00. The van der Waals surface area contributed by atoms with E-state index < -0.39 is 42.7 Å². The van der Waals surface area contributed by atoms with Gasteiger partial charge in [-0.25, -0.2) is 29.9 Å². The van der Waals surface area contributed by atoms with Gasteiger partial charge >= 0.3 is 0 Å². The van der Waals surface area contributed by atoms with E-state index in [9.17, 15) is 50.2 Å². The van der Waals surface area contributed by atoms with Crippen molar-refractivity contribution >= 4 is 71.1 Å². The van der Waals surface area contributed by atoms with Gasteiger partial charge < -0.3 is 47.7 Å². The third kappa shape index (κ3) is 8.06. The third-order valence-corrected chi connectivity index (χ3v) is 14.1. The topological polar surface area (TPSA) is 334 Å². The molecule has 20 nitrogen and oxygen atoms in total. The number of phenolic OH excluding ortho intramolecular Hbond substituents is 1. The average molecular weight is 952 g/mol. The zero-order valence-electron chi connectivity index (χ0n) is 34.0. The summed E-state index contributed by atoms with van der Waals surface area (Å²) in [6.07, 6.45) is 3.46. The van der Waals surface area contributed by atoms with Gasteiger partial charge in [0, 0.05) is 62.0 Å². The standard InChI is InChI=1S/C43H37N9O11S3/c53-22-7-3-6-21(17-22)5-1-2-16-44-43(54)30-9-4-8-29-34(30)42-51-37-28-15-12-25(66(61,62)63)20-33(28)41(49-37)50-40-32-19-24(65(58,59)60)11-14-27(32)36(48-40)47-39-31-18-23(64(55,56)57)10-13-26(31)35(46-39)45-38(29)52-42/h3-4,6-12,14-15,17,19-20,53,55-60H,1-2,5,13,16,18H2,(H,44,54)(H,61,62,63)(H2,45,46,47,48,49,50,51,52). The van der Waals surface area contributed by atoms with E-state index in [1.807, 2.05) is 6.07 Å². The van der Waals surface area contributed by atoms with Crippen LogP contribution in [0.4, 0.5) is 0 Å². The Hall–Kier alpha value is -6.64. The minimum Gasteiger partial charge on any atom is -0.508 e. The number of phenols is 1. The van der Waals surface area contributed by atoms with Crippen LogP contribution in [0.1, 0.15) is 39.9 Å². The molecule has 66 heavy (non-hydrogen) atoms. The Morgan fingerprint density at radius 3 is 2.05 bits per heavy atom. The second-order valence-electron chi connectivity index (χ2n) is 15.7. The largest absolute Gasteiger partial charge is 0.508 e. The number of hydrogen-bond acceptors (Lipinski definition) is 16. The minimum atomic E-state index is -4.73. The molecule has 0 unspecified atom stereocenters. The van der Waals surface area contributed by atoms with Crippen molar-refractivity contribution in [2.24, 2.45) is 0 Å². The van der Waals surface area contributed by atoms with Crippen LogP contribution >= 0.6 is 21.7 Å². The maximum absolute atomic E-state index is 14.1. The number of aryl methyl sites for hydroxylation is 1. The maximum atomic E-state index is 14.1. The van der Waals surface area contributed by atoms with Crippen molar-refractivity contribution in [1.29, 1.82) is 0 Å². The van der Waals surface area contributed by atoms with E-state index in [4.69, 9.17) is 24.9 Å². The normalized spacial score (nSPS) is 14.0. The molecule has 3 aliphatic rings. The summed E-state index contributed by atoms with van der Waals surface area (Å²) in [6, 6.07) is 19.8. The molecule has 11 N–H and O–H groups in total. The zero-order valence-corrected chi connectivity index (χ0v) is 36.5. The second-order valence-corrected chi connectivity index (χ2v) is 20.1. The monoisotopic (exact) mass is 951 g/mol. The molecule has 0 atom stereocenters. The molecule has 2 aliphatic heterocycles. The molecule has 0 spiro atoms. The molecule has 5 heterocycles. The van der Waals surface area contributed by atoms with Gasteiger partial charge in [0.25, 0.3) is 16.0 Å². The molecule has 1 aliphatic carbocycles. The fraction of sp³-hybridized carbons (Fsp3) is 0.140. The van der Waals surface area contributed by atoms with Gasteiger partial charge in [0.05, 0.1) is 15.4 Å². The summed E-state index contributed by atoms with van der Waals surface area (Å²) in [7, 11) is -13.1. The van der Waals surface area contributed by atoms with Crippen LogP contribution in [0.25, 0.3) is 78.9 Å². The van der Waals surface area contributed by atoms with Crippen LogP contribution in [0, 0.1) is 0 Å². The van der Waals surface area contributed by atoms with E-state index in [0.29, 0.717) is 52.6 Å². The van der Waals surface area contributed by atoms with Crippen molar-refractivity contribution in [1.82, 2.24) is 45.2 Å². The van der Waals surface area contributed by atoms with Crippen LogP contribution in [-0.2, 0) is 29.4 Å². The molecular weight excluding hydrogens is 915 g/mol. The minimum absolute atomic E-state index is 0.0137. The van der Waals surface area contributed by atoms with Crippen molar-refractivity contribution < 1.29 is 50.2 Å². The Labute approximate surface area is 376 Å². The number of fused-ring (bicyclic) bond motifs is 20. The molecule has 23 heteroatoms. The summed E-state index contributed by atoms with van der Waals surface area (Å²) in [4.78, 5) is 48.6. The van der Waals surface area contributed by atoms with E-state index in [1.165, 1.54) is 42.5 Å². The number of unbranched alkanes of at least 4 members (excludes halogenated alkanes) is 1. The number of hydrogen-bond donors (Lipinski definition) is 11. The van der Waals surface area contributed by atoms with Crippen LogP contribution in [0.15, 0.2) is 99.6 Å². The van der Waals surface area contributed by atoms with E-state index in [2.05, 4.69) is 20.3 Å². The predicted molar refractivity (Wildman–Crippen MR) is 246 cm³/mol. The molecule has 338 valence electrons. The third-order valence-electron chi connectivity index (χ3n) is 11.4. The quantitative estimate of drug-likeness (QED) is 0.0479. The van der Waals surface area contributed by atoms with Crippen molar-refractivity contribution in [2.75, 3.05) is 6.54 Å². The van der Waals surface area contributed by atoms with Crippen LogP contribution in [0.3, 0.4) is 0 Å². The fourth-order valence-corrected chi connectivity index (χ4v) is 9.91. The van der Waals surface area contributed by atoms with Gasteiger partial charge in [0.15, 0.2) is 23.3 Å². The molecule has 0 saturated heterocycles. The van der Waals surface area contributed by atoms with Gasteiger partial charge in [0.2, 0.25) is 0 Å². The van der Waals surface area contributed by atoms with Crippen LogP contribution < -0.4 is 5.32 Å². The second kappa shape index (κ2) is 16.1. The van der Waals surface area contributed by atoms with E-state index in [0.717, 1.165) is 12.0 Å². The molecule has 1 amide bonds. The SMILES string of the molecule is O=C(NCCCCc1cccc(O)c1)c1cccc2c1-c1nc-2nc2[nH]c(nc3nc(nc4[nH]c(n1)c1ccc(S(=O)(=O)O)cc41)-c1cc(S(O)(O)O)ccc1-3)c1c2CC=C(S(O)(O)O)C1. The molecule has 7 aromatic rings. The van der Waals surface area contributed by atoms with Crippen LogP contribution in [0.2, 0.25) is 0 Å². The van der Waals surface area contributed by atoms with E-state index >= 15 is 0 Å². The number of rotatable bonds is 9. The molecule has 0 fully saturated rings. The summed E-state index contributed by atoms with van der Waals surface area (Å²) >= 11 is 0. The highest BCUT2D eigenvalue weighted by molar-refractivity contribution is 8.22. The van der Waals surface area contributed by atoms with Crippen molar-refractivity contribution in [2.45, 2.75) is 41.9 Å². The van der Waals surface area contributed by atoms with Gasteiger partial charge in [-0.2, -0.15) is 8.42 Å². The van der Waals surface area contributed by atoms with E-state index in [1.54, 1.807) is 36.4 Å². The lowest BCUT2D eigenvalue weighted by molar-refractivity contribution is 0.0953. The number of carbonyl (C=O) groups is 1. The summed E-state index contributed by atoms with van der Waals surface area (Å²) in [5.74, 6) is -0.116. The number of allylic oxidation sites excluding steroid dienone is 2. The molecule has 8 bridgehead atoms. The van der Waals surface area contributed by atoms with Gasteiger partial charge in [0.1, 0.15) is 50.1 Å². The summed E-state index contributed by atoms with van der Waals surface area (Å²) in [5.41, 5.74) is 3.94. The fourth-order valence-electron chi connectivity index (χ4n) is 8.23. The van der Waals surface area contributed by atoms with Crippen molar-refractivity contribution in [3.63, 3.8) is 0 Å². The first-order valence-corrected chi connectivity index (χ1v) is 24.5. The highest BCUT2D eigenvalue weighted by atomic mass is 32.3. The number of benzene rings is 4. The smallest absolute Gasteiger partial charge is 0.294 e. The zero-order chi connectivity index (χ0) is 46.3. The molecule has 10 rings (SSSR count). The first-order valence-electron chi connectivity index (χ1n) is 20.1. The number of nitrogens with zero attached hydrogens (tertiary/aromatic N) is 6. The molecule has 0 radical (unpaired) electrons. The molecule has 0 saturated carbocycles. The Morgan fingerprint density at radius 2 is 1.29 bits per heavy atom. The number of H-pyrrole nitrogens is 2. The first kappa shape index (κ1) is 43.3. The highest BCUT2D eigenvalue weighted by Crippen LogP contribution is 2.49. The summed E-state index contributed by atoms with van der Waals surface area (Å²) < 4.78 is 96.4. The van der Waals surface area contributed by atoms with Gasteiger partial charge in [-0.05, 0) is 85.8 Å². The lowest BCUT2D eigenvalue weighted by Gasteiger charge is -2.25. The number of aromatic nitrogens is 8. The lowest BCUT2D eigenvalue weighted by Crippen LogP contribution is -2.25. The molecule has 3 aromatic heterocycles. The van der Waals surface area contributed by atoms with Gasteiger partial charge in [-0.1, -0.05) is 30.3 Å². The number of aromatic hydroxyl groups is 1. The number of nitrogens with one attached hydrogen (secondary N) is 3. The predicted octanol–water partition coefficient (Wildman–Crippen LogP) is 8.21. The first-order chi connectivity index (χ1) is 31.4. The number of amides is 1. The Balaban J connectivity index is 1.20. The summed E-state index contributed by atoms with van der Waals surface area (Å²) in [6.45, 7) is 0.327. The Morgan fingerprint density at radius 1 is 0.621 bits per heavy atom. The van der Waals surface area contributed by atoms with Gasteiger partial charge in [-0.3, -0.25) is 9.35 Å². The number of aromatic amines is 2. The van der Waals surface area contributed by atoms with E-state index in [-0.39, 0.29) is 90.8 Å². The number of carbonyl (C=O) groups excluding carboxylic acids is 1. The van der Waals surface area contributed by atoms with Crippen LogP contribution in [0.5, 0.6) is 5.75 Å². The highest BCUT2D eigenvalue weighted by Gasteiger charge is 2.31. The summed E-state index contributed by atoms with van der Waals surface area (Å²) in [5, 5.41) is 13.3. The maximum Gasteiger partial charge on any atom is 0.294 e. The molecular formula is C43H37N9O11S3. The molecule has 4 aromatic carbocycles. The van der Waals surface area contributed by atoms with Crippen LogP contribution in [-0.4, -0.2) is 97.7 Å².